The number of carbonyl (C=O) groups excluding carboxylic acids is 1. The Balaban J connectivity index is 3.63. The van der Waals surface area contributed by atoms with E-state index in [2.05, 4.69) is 4.98 Å². The molecule has 0 fully saturated rings. The number of nitro groups is 1. The third-order valence-corrected chi connectivity index (χ3v) is 2.60. The Kier molecular flexibility index (Phi) is 4.08. The third kappa shape index (κ3) is 2.43. The number of aromatic nitrogens is 1. The Hall–Kier alpha value is -0.900. The van der Waals surface area contributed by atoms with E-state index in [0.29, 0.717) is 0 Å². The summed E-state index contributed by atoms with van der Waals surface area (Å²) in [6.07, 6.45) is -2.21. The van der Waals surface area contributed by atoms with E-state index < -0.39 is 33.5 Å². The van der Waals surface area contributed by atoms with E-state index in [1.807, 2.05) is 0 Å². The summed E-state index contributed by atoms with van der Waals surface area (Å²) >= 11 is 6.57. The molecule has 0 saturated carbocycles. The van der Waals surface area contributed by atoms with Crippen molar-refractivity contribution in [2.75, 3.05) is 0 Å². The maximum absolute atomic E-state index is 12.5. The molecule has 0 aromatic carbocycles. The first-order chi connectivity index (χ1) is 7.36. The highest BCUT2D eigenvalue weighted by atomic mass is 127. The predicted octanol–water partition coefficient (Wildman–Crippen LogP) is 2.91. The van der Waals surface area contributed by atoms with E-state index in [1.54, 1.807) is 0 Å². The van der Waals surface area contributed by atoms with E-state index >= 15 is 0 Å². The molecule has 0 bridgehead atoms. The Bertz CT molecular complexity index is 469. The highest BCUT2D eigenvalue weighted by molar-refractivity contribution is 14.1. The first kappa shape index (κ1) is 13.2. The van der Waals surface area contributed by atoms with Crippen molar-refractivity contribution in [1.29, 1.82) is 0 Å². The molecule has 1 rings (SSSR count). The minimum atomic E-state index is -3.10. The van der Waals surface area contributed by atoms with Gasteiger partial charge < -0.3 is 0 Å². The van der Waals surface area contributed by atoms with Crippen molar-refractivity contribution in [3.63, 3.8) is 0 Å². The van der Waals surface area contributed by atoms with Crippen LogP contribution in [0.15, 0.2) is 6.20 Å². The zero-order chi connectivity index (χ0) is 12.5. The fourth-order valence-corrected chi connectivity index (χ4v) is 1.82. The smallest absolute Gasteiger partial charge is 0.275 e. The van der Waals surface area contributed by atoms with Gasteiger partial charge in [0.15, 0.2) is 0 Å². The molecule has 0 spiro atoms. The summed E-state index contributed by atoms with van der Waals surface area (Å²) in [6, 6.07) is 0. The van der Waals surface area contributed by atoms with E-state index in [0.717, 1.165) is 6.20 Å². The van der Waals surface area contributed by atoms with Gasteiger partial charge in [0.05, 0.1) is 4.92 Å². The number of hydrogen-bond donors (Lipinski definition) is 0. The Labute approximate surface area is 106 Å². The van der Waals surface area contributed by atoms with Gasteiger partial charge in [0.2, 0.25) is 0 Å². The van der Waals surface area contributed by atoms with Crippen molar-refractivity contribution in [1.82, 2.24) is 4.98 Å². The molecule has 0 saturated heterocycles. The molecule has 0 N–H and O–H groups in total. The lowest BCUT2D eigenvalue weighted by Gasteiger charge is -2.05. The molecule has 0 aliphatic carbocycles. The lowest BCUT2D eigenvalue weighted by Crippen LogP contribution is -2.08. The van der Waals surface area contributed by atoms with Gasteiger partial charge in [-0.1, -0.05) is 0 Å². The monoisotopic (exact) mass is 362 g/mol. The molecular weight excluding hydrogens is 360 g/mol. The van der Waals surface area contributed by atoms with Crippen LogP contribution in [-0.2, 0) is 0 Å². The van der Waals surface area contributed by atoms with Crippen LogP contribution < -0.4 is 0 Å². The Morgan fingerprint density at radius 3 is 2.56 bits per heavy atom. The summed E-state index contributed by atoms with van der Waals surface area (Å²) in [6.45, 7) is 0. The first-order valence-electron chi connectivity index (χ1n) is 3.67. The van der Waals surface area contributed by atoms with Crippen LogP contribution in [-0.4, -0.2) is 15.1 Å². The second-order valence-electron chi connectivity index (χ2n) is 2.55. The molecule has 86 valence electrons. The number of alkyl halides is 2. The third-order valence-electron chi connectivity index (χ3n) is 1.62. The number of nitrogens with zero attached hydrogens (tertiary/aromatic N) is 2. The van der Waals surface area contributed by atoms with Crippen LogP contribution in [0.2, 0.25) is 0 Å². The average Bonchev–Trinajstić information content (AvgIpc) is 2.15. The van der Waals surface area contributed by atoms with Gasteiger partial charge in [-0.05, 0) is 34.2 Å². The van der Waals surface area contributed by atoms with Gasteiger partial charge in [-0.3, -0.25) is 19.9 Å². The van der Waals surface area contributed by atoms with Crippen LogP contribution in [0.1, 0.15) is 22.5 Å². The number of carbonyl (C=O) groups is 1. The SMILES string of the molecule is O=C(Cl)c1c(C(F)F)ncc(I)c1[N+](=O)[O-]. The molecule has 5 nitrogen and oxygen atoms in total. The molecule has 1 heterocycles. The van der Waals surface area contributed by atoms with E-state index in [-0.39, 0.29) is 3.57 Å². The summed E-state index contributed by atoms with van der Waals surface area (Å²) in [7, 11) is 0. The van der Waals surface area contributed by atoms with E-state index in [1.165, 1.54) is 22.6 Å². The lowest BCUT2D eigenvalue weighted by molar-refractivity contribution is -0.386. The molecular formula is C7H2ClF2IN2O3. The number of rotatable bonds is 3. The van der Waals surface area contributed by atoms with Gasteiger partial charge in [-0.25, -0.2) is 8.78 Å². The van der Waals surface area contributed by atoms with Gasteiger partial charge in [0, 0.05) is 6.20 Å². The molecule has 0 unspecified atom stereocenters. The minimum absolute atomic E-state index is 0.0315. The summed E-state index contributed by atoms with van der Waals surface area (Å²) in [5, 5.41) is 9.31. The largest absolute Gasteiger partial charge is 0.298 e. The van der Waals surface area contributed by atoms with Crippen molar-refractivity contribution in [2.24, 2.45) is 0 Å². The molecule has 9 heteroatoms. The molecule has 0 atom stereocenters. The highest BCUT2D eigenvalue weighted by Crippen LogP contribution is 2.32. The number of pyridine rings is 1. The maximum atomic E-state index is 12.5. The second kappa shape index (κ2) is 4.95. The molecule has 0 aliphatic heterocycles. The van der Waals surface area contributed by atoms with Crippen molar-refractivity contribution in [2.45, 2.75) is 6.43 Å². The van der Waals surface area contributed by atoms with Crippen molar-refractivity contribution < 1.29 is 18.5 Å². The van der Waals surface area contributed by atoms with Crippen LogP contribution in [0.3, 0.4) is 0 Å². The topological polar surface area (TPSA) is 73.1 Å². The quantitative estimate of drug-likeness (QED) is 0.359. The highest BCUT2D eigenvalue weighted by Gasteiger charge is 2.31. The molecule has 0 radical (unpaired) electrons. The van der Waals surface area contributed by atoms with Gasteiger partial charge in [0.1, 0.15) is 14.8 Å². The van der Waals surface area contributed by atoms with Crippen LogP contribution in [0.25, 0.3) is 0 Å². The molecule has 0 aliphatic rings. The summed E-state index contributed by atoms with van der Waals surface area (Å²) in [5.74, 6) is 0. The second-order valence-corrected chi connectivity index (χ2v) is 4.05. The van der Waals surface area contributed by atoms with Gasteiger partial charge >= 0.3 is 0 Å². The summed E-state index contributed by atoms with van der Waals surface area (Å²) in [5.41, 5.74) is -2.58. The molecule has 1 aromatic heterocycles. The fourth-order valence-electron chi connectivity index (χ4n) is 1.03. The van der Waals surface area contributed by atoms with Gasteiger partial charge in [0.25, 0.3) is 17.4 Å². The fraction of sp³-hybridized carbons (Fsp3) is 0.143. The van der Waals surface area contributed by atoms with Crippen LogP contribution in [0.4, 0.5) is 14.5 Å². The zero-order valence-corrected chi connectivity index (χ0v) is 10.2. The zero-order valence-electron chi connectivity index (χ0n) is 7.29. The molecule has 16 heavy (non-hydrogen) atoms. The van der Waals surface area contributed by atoms with Crippen LogP contribution >= 0.6 is 34.2 Å². The Morgan fingerprint density at radius 1 is 1.62 bits per heavy atom. The Morgan fingerprint density at radius 2 is 2.19 bits per heavy atom. The van der Waals surface area contributed by atoms with E-state index in [4.69, 9.17) is 11.6 Å². The number of halogens is 4. The van der Waals surface area contributed by atoms with Crippen molar-refractivity contribution in [3.8, 4) is 0 Å². The van der Waals surface area contributed by atoms with Crippen LogP contribution in [0, 0.1) is 13.7 Å². The van der Waals surface area contributed by atoms with Crippen molar-refractivity contribution >= 4 is 45.1 Å². The lowest BCUT2D eigenvalue weighted by atomic mass is 10.2. The molecule has 0 amide bonds. The molecule has 1 aromatic rings. The predicted molar refractivity (Wildman–Crippen MR) is 58.7 cm³/mol. The van der Waals surface area contributed by atoms with Gasteiger partial charge in [-0.15, -0.1) is 0 Å². The van der Waals surface area contributed by atoms with Crippen molar-refractivity contribution in [3.05, 3.63) is 31.1 Å². The number of hydrogen-bond acceptors (Lipinski definition) is 4. The summed E-state index contributed by atoms with van der Waals surface area (Å²) < 4.78 is 24.9. The summed E-state index contributed by atoms with van der Waals surface area (Å²) in [4.78, 5) is 23.9. The van der Waals surface area contributed by atoms with E-state index in [9.17, 15) is 23.7 Å². The standard InChI is InChI=1S/C7H2ClF2IN2O3/c8-6(14)3-4(7(9)10)12-1-2(11)5(3)13(15)16/h1,7H. The van der Waals surface area contributed by atoms with Crippen LogP contribution in [0.5, 0.6) is 0 Å². The minimum Gasteiger partial charge on any atom is -0.275 e. The van der Waals surface area contributed by atoms with Gasteiger partial charge in [-0.2, -0.15) is 0 Å². The average molecular weight is 362 g/mol. The normalized spacial score (nSPS) is 10.6. The maximum Gasteiger partial charge on any atom is 0.298 e. The first-order valence-corrected chi connectivity index (χ1v) is 5.12.